The first-order chi connectivity index (χ1) is 14.1. The number of fused-ring (bicyclic) bond motifs is 3. The second kappa shape index (κ2) is 7.14. The Morgan fingerprint density at radius 2 is 1.97 bits per heavy atom. The van der Waals surface area contributed by atoms with Gasteiger partial charge in [-0.3, -0.25) is 14.2 Å². The van der Waals surface area contributed by atoms with Crippen LogP contribution in [0.5, 0.6) is 0 Å². The Bertz CT molecular complexity index is 1160. The molecule has 1 atom stereocenters. The van der Waals surface area contributed by atoms with Crippen LogP contribution in [-0.4, -0.2) is 27.4 Å². The Morgan fingerprint density at radius 3 is 2.86 bits per heavy atom. The van der Waals surface area contributed by atoms with Gasteiger partial charge < -0.3 is 4.90 Å². The fourth-order valence-corrected chi connectivity index (χ4v) is 4.83. The molecule has 2 aromatic carbocycles. The molecule has 2 heterocycles. The second-order valence-corrected chi connectivity index (χ2v) is 8.20. The van der Waals surface area contributed by atoms with Crippen LogP contribution >= 0.6 is 0 Å². The number of amides is 1. The van der Waals surface area contributed by atoms with E-state index in [0.29, 0.717) is 16.5 Å². The summed E-state index contributed by atoms with van der Waals surface area (Å²) >= 11 is 0. The zero-order valence-electron chi connectivity index (χ0n) is 16.7. The predicted octanol–water partition coefficient (Wildman–Crippen LogP) is 3.88. The molecule has 0 fully saturated rings. The Hall–Kier alpha value is -2.95. The maximum Gasteiger partial charge on any atom is 0.261 e. The molecule has 0 radical (unpaired) electrons. The van der Waals surface area contributed by atoms with Crippen LogP contribution in [0.25, 0.3) is 10.9 Å². The molecule has 148 valence electrons. The summed E-state index contributed by atoms with van der Waals surface area (Å²) in [5.74, 6) is 0.827. The molecule has 1 aliphatic carbocycles. The van der Waals surface area contributed by atoms with Crippen LogP contribution in [0.3, 0.4) is 0 Å². The molecule has 0 bridgehead atoms. The molecule has 1 aliphatic heterocycles. The molecular formula is C24H25N3O2. The van der Waals surface area contributed by atoms with E-state index in [9.17, 15) is 9.59 Å². The summed E-state index contributed by atoms with van der Waals surface area (Å²) in [5.41, 5.74) is 3.81. The lowest BCUT2D eigenvalue weighted by Gasteiger charge is -2.25. The molecule has 1 amide bonds. The van der Waals surface area contributed by atoms with Gasteiger partial charge in [-0.25, -0.2) is 4.98 Å². The van der Waals surface area contributed by atoms with Gasteiger partial charge in [-0.1, -0.05) is 30.7 Å². The largest absolute Gasteiger partial charge is 0.335 e. The van der Waals surface area contributed by atoms with Crippen molar-refractivity contribution in [1.29, 1.82) is 0 Å². The van der Waals surface area contributed by atoms with Crippen LogP contribution in [-0.2, 0) is 19.4 Å². The molecule has 5 rings (SSSR count). The Labute approximate surface area is 170 Å². The van der Waals surface area contributed by atoms with Crippen molar-refractivity contribution in [2.45, 2.75) is 51.1 Å². The highest BCUT2D eigenvalue weighted by Crippen LogP contribution is 2.35. The maximum atomic E-state index is 13.2. The van der Waals surface area contributed by atoms with Crippen molar-refractivity contribution in [2.24, 2.45) is 0 Å². The molecule has 0 N–H and O–H groups in total. The number of nitrogens with zero attached hydrogens (tertiary/aromatic N) is 3. The van der Waals surface area contributed by atoms with Gasteiger partial charge >= 0.3 is 0 Å². The van der Waals surface area contributed by atoms with Crippen LogP contribution in [0.1, 0.15) is 59.0 Å². The fourth-order valence-electron chi connectivity index (χ4n) is 4.83. The maximum absolute atomic E-state index is 13.2. The molecule has 0 saturated carbocycles. The first-order valence-electron chi connectivity index (χ1n) is 10.5. The summed E-state index contributed by atoms with van der Waals surface area (Å²) in [4.78, 5) is 32.7. The molecule has 5 nitrogen and oxygen atoms in total. The summed E-state index contributed by atoms with van der Waals surface area (Å²) < 4.78 is 1.82. The molecule has 29 heavy (non-hydrogen) atoms. The number of hydrogen-bond donors (Lipinski definition) is 0. The smallest absolute Gasteiger partial charge is 0.261 e. The van der Waals surface area contributed by atoms with Gasteiger partial charge in [0.05, 0.1) is 16.9 Å². The molecule has 1 aromatic heterocycles. The standard InChI is InChI=1S/C24H25N3O2/c1-26(21-13-11-16-7-4-5-8-18(16)21)23(28)17-10-12-19-20(15-17)25-22-9-3-2-6-14-27(22)24(19)29/h4-5,7-8,10,12,15,21H,2-3,6,9,11,13-14H2,1H3. The molecule has 3 aromatic rings. The van der Waals surface area contributed by atoms with E-state index in [1.165, 1.54) is 11.1 Å². The van der Waals surface area contributed by atoms with Crippen molar-refractivity contribution < 1.29 is 4.79 Å². The average Bonchev–Trinajstić information content (AvgIpc) is 3.03. The lowest BCUT2D eigenvalue weighted by molar-refractivity contribution is 0.0730. The highest BCUT2D eigenvalue weighted by Gasteiger charge is 2.29. The van der Waals surface area contributed by atoms with E-state index in [4.69, 9.17) is 4.98 Å². The normalized spacial score (nSPS) is 18.2. The number of rotatable bonds is 2. The van der Waals surface area contributed by atoms with Crippen molar-refractivity contribution in [3.63, 3.8) is 0 Å². The van der Waals surface area contributed by atoms with Gasteiger partial charge in [0.1, 0.15) is 5.82 Å². The van der Waals surface area contributed by atoms with E-state index in [0.717, 1.165) is 50.9 Å². The van der Waals surface area contributed by atoms with Crippen LogP contribution in [0.4, 0.5) is 0 Å². The van der Waals surface area contributed by atoms with E-state index in [2.05, 4.69) is 18.2 Å². The third kappa shape index (κ3) is 3.05. The van der Waals surface area contributed by atoms with Crippen LogP contribution in [0.15, 0.2) is 47.3 Å². The highest BCUT2D eigenvalue weighted by atomic mass is 16.2. The predicted molar refractivity (Wildman–Crippen MR) is 113 cm³/mol. The van der Waals surface area contributed by atoms with E-state index in [1.807, 2.05) is 22.6 Å². The number of hydrogen-bond acceptors (Lipinski definition) is 3. The quantitative estimate of drug-likeness (QED) is 0.670. The van der Waals surface area contributed by atoms with Gasteiger partial charge in [0.2, 0.25) is 0 Å². The number of aromatic nitrogens is 2. The minimum absolute atomic E-state index is 0.0176. The topological polar surface area (TPSA) is 55.2 Å². The van der Waals surface area contributed by atoms with Crippen LogP contribution in [0, 0.1) is 0 Å². The highest BCUT2D eigenvalue weighted by molar-refractivity contribution is 5.97. The molecule has 0 saturated heterocycles. The van der Waals surface area contributed by atoms with Crippen LogP contribution < -0.4 is 5.56 Å². The number of carbonyl (C=O) groups excluding carboxylic acids is 1. The summed E-state index contributed by atoms with van der Waals surface area (Å²) in [6.45, 7) is 0.738. The third-order valence-electron chi connectivity index (χ3n) is 6.45. The molecule has 0 spiro atoms. The molecular weight excluding hydrogens is 362 g/mol. The summed E-state index contributed by atoms with van der Waals surface area (Å²) in [5, 5.41) is 0.598. The van der Waals surface area contributed by atoms with Crippen molar-refractivity contribution in [2.75, 3.05) is 7.05 Å². The van der Waals surface area contributed by atoms with E-state index >= 15 is 0 Å². The fraction of sp³-hybridized carbons (Fsp3) is 0.375. The van der Waals surface area contributed by atoms with Gasteiger partial charge in [-0.05, 0) is 55.0 Å². The van der Waals surface area contributed by atoms with Gasteiger partial charge in [0, 0.05) is 25.6 Å². The van der Waals surface area contributed by atoms with Crippen LogP contribution in [0.2, 0.25) is 0 Å². The third-order valence-corrected chi connectivity index (χ3v) is 6.45. The van der Waals surface area contributed by atoms with Crippen molar-refractivity contribution >= 4 is 16.8 Å². The van der Waals surface area contributed by atoms with Gasteiger partial charge in [-0.2, -0.15) is 0 Å². The Kier molecular flexibility index (Phi) is 4.46. The average molecular weight is 387 g/mol. The molecule has 2 aliphatic rings. The summed E-state index contributed by atoms with van der Waals surface area (Å²) in [7, 11) is 1.87. The minimum atomic E-state index is -0.0227. The zero-order chi connectivity index (χ0) is 20.0. The van der Waals surface area contributed by atoms with Gasteiger partial charge in [0.15, 0.2) is 0 Å². The SMILES string of the molecule is CN(C(=O)c1ccc2c(=O)n3c(nc2c1)CCCCC3)C1CCc2ccccc21. The number of benzene rings is 2. The van der Waals surface area contributed by atoms with E-state index in [1.54, 1.807) is 18.2 Å². The number of aryl methyl sites for hydroxylation is 2. The van der Waals surface area contributed by atoms with Crippen molar-refractivity contribution in [1.82, 2.24) is 14.5 Å². The number of carbonyl (C=O) groups is 1. The van der Waals surface area contributed by atoms with Crippen molar-refractivity contribution in [3.8, 4) is 0 Å². The Morgan fingerprint density at radius 1 is 1.10 bits per heavy atom. The second-order valence-electron chi connectivity index (χ2n) is 8.20. The van der Waals surface area contributed by atoms with Gasteiger partial charge in [-0.15, -0.1) is 0 Å². The summed E-state index contributed by atoms with van der Waals surface area (Å²) in [6.07, 6.45) is 5.96. The van der Waals surface area contributed by atoms with E-state index < -0.39 is 0 Å². The minimum Gasteiger partial charge on any atom is -0.335 e. The molecule has 5 heteroatoms. The monoisotopic (exact) mass is 387 g/mol. The first kappa shape index (κ1) is 18.1. The first-order valence-corrected chi connectivity index (χ1v) is 10.5. The van der Waals surface area contributed by atoms with E-state index in [-0.39, 0.29) is 17.5 Å². The summed E-state index contributed by atoms with van der Waals surface area (Å²) in [6, 6.07) is 13.8. The zero-order valence-corrected chi connectivity index (χ0v) is 16.7. The van der Waals surface area contributed by atoms with Gasteiger partial charge in [0.25, 0.3) is 11.5 Å². The molecule has 1 unspecified atom stereocenters. The Balaban J connectivity index is 1.50. The lowest BCUT2D eigenvalue weighted by Crippen LogP contribution is -2.30. The van der Waals surface area contributed by atoms with Crippen molar-refractivity contribution in [3.05, 3.63) is 75.3 Å². The lowest BCUT2D eigenvalue weighted by atomic mass is 10.1.